The zero-order chi connectivity index (χ0) is 14.4. The Morgan fingerprint density at radius 1 is 1.25 bits per heavy atom. The van der Waals surface area contributed by atoms with Gasteiger partial charge in [-0.2, -0.15) is 11.8 Å². The number of carboxylic acid groups (broad SMARTS) is 1. The van der Waals surface area contributed by atoms with E-state index in [1.54, 1.807) is 0 Å². The van der Waals surface area contributed by atoms with Gasteiger partial charge in [-0.1, -0.05) is 19.1 Å². The van der Waals surface area contributed by atoms with Crippen LogP contribution in [0.25, 0.3) is 0 Å². The van der Waals surface area contributed by atoms with E-state index in [-0.39, 0.29) is 0 Å². The molecular weight excluding hydrogens is 268 g/mol. The first-order valence-corrected chi connectivity index (χ1v) is 9.32. The van der Waals surface area contributed by atoms with Gasteiger partial charge in [0.15, 0.2) is 0 Å². The fraction of sp³-hybridized carbons (Fsp3) is 0.824. The predicted octanol–water partition coefficient (Wildman–Crippen LogP) is 4.60. The molecule has 0 saturated heterocycles. The first-order chi connectivity index (χ1) is 9.72. The minimum atomic E-state index is -0.678. The van der Waals surface area contributed by atoms with Gasteiger partial charge in [0.25, 0.3) is 0 Å². The molecule has 2 fully saturated rings. The van der Waals surface area contributed by atoms with E-state index >= 15 is 0 Å². The zero-order valence-corrected chi connectivity index (χ0v) is 13.4. The van der Waals surface area contributed by atoms with E-state index in [1.165, 1.54) is 37.2 Å². The monoisotopic (exact) mass is 296 g/mol. The molecule has 4 atom stereocenters. The van der Waals surface area contributed by atoms with Crippen LogP contribution >= 0.6 is 11.8 Å². The van der Waals surface area contributed by atoms with Gasteiger partial charge < -0.3 is 5.11 Å². The summed E-state index contributed by atoms with van der Waals surface area (Å²) < 4.78 is 0. The molecule has 2 bridgehead atoms. The zero-order valence-electron chi connectivity index (χ0n) is 12.6. The van der Waals surface area contributed by atoms with Gasteiger partial charge in [-0.3, -0.25) is 4.79 Å². The molecule has 0 aromatic rings. The van der Waals surface area contributed by atoms with Crippen molar-refractivity contribution in [1.82, 2.24) is 0 Å². The maximum Gasteiger partial charge on any atom is 0.303 e. The predicted molar refractivity (Wildman–Crippen MR) is 86.1 cm³/mol. The van der Waals surface area contributed by atoms with E-state index < -0.39 is 5.97 Å². The Morgan fingerprint density at radius 2 is 2.00 bits per heavy atom. The van der Waals surface area contributed by atoms with Gasteiger partial charge in [0.2, 0.25) is 0 Å². The number of unbranched alkanes of at least 4 members (excludes halogenated alkanes) is 1. The molecule has 2 aliphatic carbocycles. The third kappa shape index (κ3) is 4.28. The van der Waals surface area contributed by atoms with Crippen molar-refractivity contribution in [2.75, 3.05) is 11.5 Å². The number of hydrogen-bond acceptors (Lipinski definition) is 2. The van der Waals surface area contributed by atoms with Crippen LogP contribution in [0.4, 0.5) is 0 Å². The van der Waals surface area contributed by atoms with Gasteiger partial charge in [-0.15, -0.1) is 0 Å². The second-order valence-electron chi connectivity index (χ2n) is 6.31. The summed E-state index contributed by atoms with van der Waals surface area (Å²) in [7, 11) is 0. The van der Waals surface area contributed by atoms with Crippen molar-refractivity contribution in [3.63, 3.8) is 0 Å². The molecule has 114 valence electrons. The van der Waals surface area contributed by atoms with Crippen molar-refractivity contribution >= 4 is 17.7 Å². The van der Waals surface area contributed by atoms with E-state index in [0.717, 1.165) is 36.5 Å². The summed E-state index contributed by atoms with van der Waals surface area (Å²) in [6, 6.07) is 0. The number of rotatable bonds is 9. The summed E-state index contributed by atoms with van der Waals surface area (Å²) in [4.78, 5) is 10.4. The van der Waals surface area contributed by atoms with Gasteiger partial charge >= 0.3 is 5.97 Å². The summed E-state index contributed by atoms with van der Waals surface area (Å²) in [6.45, 7) is 2.26. The fourth-order valence-corrected chi connectivity index (χ4v) is 5.18. The highest BCUT2D eigenvalue weighted by molar-refractivity contribution is 7.99. The summed E-state index contributed by atoms with van der Waals surface area (Å²) in [6.07, 6.45) is 12.2. The summed E-state index contributed by atoms with van der Waals surface area (Å²) >= 11 is 2.11. The molecule has 0 radical (unpaired) electrons. The highest BCUT2D eigenvalue weighted by Gasteiger charge is 2.46. The molecule has 0 aromatic heterocycles. The molecule has 2 nitrogen and oxygen atoms in total. The summed E-state index contributed by atoms with van der Waals surface area (Å²) in [5.41, 5.74) is 0. The molecule has 0 aromatic carbocycles. The van der Waals surface area contributed by atoms with Crippen LogP contribution < -0.4 is 0 Å². The van der Waals surface area contributed by atoms with Crippen LogP contribution in [0.3, 0.4) is 0 Å². The third-order valence-corrected chi connectivity index (χ3v) is 6.15. The van der Waals surface area contributed by atoms with E-state index in [0.29, 0.717) is 6.42 Å². The van der Waals surface area contributed by atoms with E-state index in [4.69, 9.17) is 5.11 Å². The maximum atomic E-state index is 10.4. The molecule has 2 aliphatic rings. The van der Waals surface area contributed by atoms with Crippen molar-refractivity contribution in [1.29, 1.82) is 0 Å². The lowest BCUT2D eigenvalue weighted by Gasteiger charge is -2.30. The number of carboxylic acids is 1. The highest BCUT2D eigenvalue weighted by atomic mass is 32.2. The number of carbonyl (C=O) groups is 1. The maximum absolute atomic E-state index is 10.4. The summed E-state index contributed by atoms with van der Waals surface area (Å²) in [5.74, 6) is 5.76. The van der Waals surface area contributed by atoms with Crippen LogP contribution in [-0.2, 0) is 4.79 Å². The molecule has 2 rings (SSSR count). The molecule has 0 spiro atoms. The van der Waals surface area contributed by atoms with E-state index in [1.807, 2.05) is 0 Å². The molecule has 3 heteroatoms. The Labute approximate surface area is 127 Å². The van der Waals surface area contributed by atoms with Gasteiger partial charge in [-0.05, 0) is 73.7 Å². The van der Waals surface area contributed by atoms with Gasteiger partial charge in [-0.25, -0.2) is 0 Å². The molecule has 0 amide bonds. The van der Waals surface area contributed by atoms with E-state index in [9.17, 15) is 4.79 Å². The average molecular weight is 296 g/mol. The number of aliphatic carboxylic acids is 1. The second-order valence-corrected chi connectivity index (χ2v) is 7.63. The summed E-state index contributed by atoms with van der Waals surface area (Å²) in [5, 5.41) is 8.60. The lowest BCUT2D eigenvalue weighted by atomic mass is 9.78. The van der Waals surface area contributed by atoms with Gasteiger partial charge in [0.1, 0.15) is 0 Å². The molecule has 1 N–H and O–H groups in total. The van der Waals surface area contributed by atoms with Crippen LogP contribution in [0.2, 0.25) is 0 Å². The topological polar surface area (TPSA) is 37.3 Å². The minimum absolute atomic E-state index is 0.300. The Balaban J connectivity index is 1.72. The molecular formula is C17H28O2S. The largest absolute Gasteiger partial charge is 0.481 e. The first kappa shape index (κ1) is 15.9. The molecule has 0 heterocycles. The Hall–Kier alpha value is -0.440. The van der Waals surface area contributed by atoms with Crippen LogP contribution in [-0.4, -0.2) is 22.6 Å². The molecule has 0 unspecified atom stereocenters. The normalized spacial score (nSPS) is 32.2. The molecule has 2 saturated carbocycles. The Morgan fingerprint density at radius 3 is 2.70 bits per heavy atom. The van der Waals surface area contributed by atoms with E-state index in [2.05, 4.69) is 30.8 Å². The van der Waals surface area contributed by atoms with Crippen LogP contribution in [0.15, 0.2) is 12.2 Å². The molecule has 0 aliphatic heterocycles. The highest BCUT2D eigenvalue weighted by Crippen LogP contribution is 2.54. The van der Waals surface area contributed by atoms with Crippen LogP contribution in [0.1, 0.15) is 51.9 Å². The minimum Gasteiger partial charge on any atom is -0.481 e. The number of fused-ring (bicyclic) bond motifs is 2. The standard InChI is InChI=1S/C17H28O2S/c1-2-20-12-16-14-10-9-13(11-14)15(16)7-5-3-4-6-8-17(18)19/h3,5,13-16H,2,4,6-12H2,1H3,(H,18,19)/b5-3-/t13-,14+,15-,16+/m0/s1. The number of thioether (sulfide) groups is 1. The lowest BCUT2D eigenvalue weighted by Crippen LogP contribution is -2.24. The van der Waals surface area contributed by atoms with Crippen LogP contribution in [0.5, 0.6) is 0 Å². The average Bonchev–Trinajstić information content (AvgIpc) is 3.01. The van der Waals surface area contributed by atoms with Crippen LogP contribution in [0, 0.1) is 23.7 Å². The van der Waals surface area contributed by atoms with Crippen molar-refractivity contribution in [2.45, 2.75) is 51.9 Å². The van der Waals surface area contributed by atoms with Crippen molar-refractivity contribution < 1.29 is 9.90 Å². The third-order valence-electron chi connectivity index (χ3n) is 5.13. The number of allylic oxidation sites excluding steroid dienone is 2. The fourth-order valence-electron chi connectivity index (χ4n) is 4.15. The lowest BCUT2D eigenvalue weighted by molar-refractivity contribution is -0.137. The van der Waals surface area contributed by atoms with Gasteiger partial charge in [0, 0.05) is 6.42 Å². The SMILES string of the molecule is CCSC[C@@H]1[C@@H]2CC[C@@H](C2)[C@@H]1C/C=C\CCCC(=O)O. The smallest absolute Gasteiger partial charge is 0.303 e. The Bertz CT molecular complexity index is 340. The van der Waals surface area contributed by atoms with Gasteiger partial charge in [0.05, 0.1) is 0 Å². The Kier molecular flexibility index (Phi) is 6.47. The quantitative estimate of drug-likeness (QED) is 0.499. The van der Waals surface area contributed by atoms with Crippen molar-refractivity contribution in [3.05, 3.63) is 12.2 Å². The second kappa shape index (κ2) is 8.11. The number of hydrogen-bond donors (Lipinski definition) is 1. The first-order valence-electron chi connectivity index (χ1n) is 8.17. The molecule has 20 heavy (non-hydrogen) atoms. The van der Waals surface area contributed by atoms with Crippen molar-refractivity contribution in [3.8, 4) is 0 Å². The van der Waals surface area contributed by atoms with Crippen molar-refractivity contribution in [2.24, 2.45) is 23.7 Å².